The maximum Gasteiger partial charge on any atom is 0.240 e. The van der Waals surface area contributed by atoms with E-state index in [1.807, 2.05) is 0 Å². The Labute approximate surface area is 137 Å². The minimum atomic E-state index is -3.51. The van der Waals surface area contributed by atoms with Gasteiger partial charge in [0.25, 0.3) is 0 Å². The Bertz CT molecular complexity index is 687. The van der Waals surface area contributed by atoms with Crippen LogP contribution >= 0.6 is 12.4 Å². The van der Waals surface area contributed by atoms with E-state index in [1.165, 1.54) is 6.07 Å². The van der Waals surface area contributed by atoms with Crippen LogP contribution in [-0.4, -0.2) is 26.5 Å². The fraction of sp³-hybridized carbons (Fsp3) is 0.533. The molecule has 1 aromatic rings. The van der Waals surface area contributed by atoms with Gasteiger partial charge in [-0.3, -0.25) is 0 Å². The largest absolute Gasteiger partial charge is 0.311 e. The molecule has 2 aliphatic rings. The van der Waals surface area contributed by atoms with Crippen molar-refractivity contribution in [3.63, 3.8) is 0 Å². The van der Waals surface area contributed by atoms with Gasteiger partial charge in [-0.2, -0.15) is 5.26 Å². The summed E-state index contributed by atoms with van der Waals surface area (Å²) in [6, 6.07) is 7.58. The minimum Gasteiger partial charge on any atom is -0.311 e. The monoisotopic (exact) mass is 341 g/mol. The summed E-state index contributed by atoms with van der Waals surface area (Å²) in [7, 11) is -3.51. The molecule has 0 spiro atoms. The van der Waals surface area contributed by atoms with Gasteiger partial charge in [-0.25, -0.2) is 13.1 Å². The van der Waals surface area contributed by atoms with E-state index in [0.717, 1.165) is 25.7 Å². The van der Waals surface area contributed by atoms with Gasteiger partial charge >= 0.3 is 0 Å². The molecule has 1 aromatic carbocycles. The lowest BCUT2D eigenvalue weighted by Gasteiger charge is -2.29. The van der Waals surface area contributed by atoms with Gasteiger partial charge in [-0.1, -0.05) is 0 Å². The number of sulfonamides is 1. The molecular weight excluding hydrogens is 322 g/mol. The molecule has 2 N–H and O–H groups in total. The smallest absolute Gasteiger partial charge is 0.240 e. The van der Waals surface area contributed by atoms with E-state index in [2.05, 4.69) is 16.1 Å². The second-order valence-corrected chi connectivity index (χ2v) is 7.73. The van der Waals surface area contributed by atoms with E-state index in [9.17, 15) is 8.42 Å². The molecule has 2 fully saturated rings. The molecule has 0 radical (unpaired) electrons. The van der Waals surface area contributed by atoms with Crippen LogP contribution in [0.2, 0.25) is 0 Å². The first kappa shape index (κ1) is 17.2. The quantitative estimate of drug-likeness (QED) is 0.879. The Kier molecular flexibility index (Phi) is 5.13. The van der Waals surface area contributed by atoms with Crippen molar-refractivity contribution >= 4 is 22.4 Å². The normalized spacial score (nSPS) is 27.0. The highest BCUT2D eigenvalue weighted by molar-refractivity contribution is 7.89. The molecule has 5 nitrogen and oxygen atoms in total. The molecule has 2 unspecified atom stereocenters. The molecule has 0 saturated carbocycles. The fourth-order valence-corrected chi connectivity index (χ4v) is 4.72. The first-order valence-corrected chi connectivity index (χ1v) is 8.75. The topological polar surface area (TPSA) is 82.0 Å². The van der Waals surface area contributed by atoms with E-state index in [1.54, 1.807) is 19.1 Å². The zero-order valence-electron chi connectivity index (χ0n) is 12.4. The van der Waals surface area contributed by atoms with Crippen LogP contribution in [0.4, 0.5) is 0 Å². The molecule has 2 aliphatic heterocycles. The van der Waals surface area contributed by atoms with E-state index in [4.69, 9.17) is 5.26 Å². The molecule has 0 aromatic heterocycles. The van der Waals surface area contributed by atoms with Crippen LogP contribution in [0.5, 0.6) is 0 Å². The summed E-state index contributed by atoms with van der Waals surface area (Å²) >= 11 is 0. The van der Waals surface area contributed by atoms with Crippen molar-refractivity contribution in [1.29, 1.82) is 5.26 Å². The summed E-state index contributed by atoms with van der Waals surface area (Å²) in [6.07, 6.45) is 3.98. The predicted molar refractivity (Wildman–Crippen MR) is 86.4 cm³/mol. The molecular formula is C15H20ClN3O2S. The van der Waals surface area contributed by atoms with Crippen LogP contribution in [0.3, 0.4) is 0 Å². The highest BCUT2D eigenvalue weighted by atomic mass is 35.5. The number of nitriles is 1. The second-order valence-electron chi connectivity index (χ2n) is 6.02. The molecule has 2 atom stereocenters. The summed E-state index contributed by atoms with van der Waals surface area (Å²) in [5.74, 6) is 0. The van der Waals surface area contributed by atoms with Gasteiger partial charge in [0.1, 0.15) is 0 Å². The lowest BCUT2D eigenvalue weighted by Crippen LogP contribution is -2.47. The van der Waals surface area contributed by atoms with Crippen LogP contribution in [0, 0.1) is 18.3 Å². The first-order chi connectivity index (χ1) is 9.98. The van der Waals surface area contributed by atoms with Crippen LogP contribution < -0.4 is 10.0 Å². The Hall–Kier alpha value is -1.13. The third-order valence-electron chi connectivity index (χ3n) is 4.42. The van der Waals surface area contributed by atoms with Crippen molar-refractivity contribution in [2.75, 3.05) is 0 Å². The van der Waals surface area contributed by atoms with Gasteiger partial charge in [-0.05, 0) is 56.4 Å². The number of aryl methyl sites for hydroxylation is 1. The van der Waals surface area contributed by atoms with Gasteiger partial charge in [0, 0.05) is 18.1 Å². The Morgan fingerprint density at radius 3 is 2.45 bits per heavy atom. The van der Waals surface area contributed by atoms with Crippen molar-refractivity contribution in [1.82, 2.24) is 10.0 Å². The Morgan fingerprint density at radius 1 is 1.27 bits per heavy atom. The van der Waals surface area contributed by atoms with Crippen LogP contribution in [0.25, 0.3) is 0 Å². The van der Waals surface area contributed by atoms with Crippen LogP contribution in [-0.2, 0) is 10.0 Å². The number of hydrogen-bond donors (Lipinski definition) is 2. The van der Waals surface area contributed by atoms with Gasteiger partial charge in [-0.15, -0.1) is 12.4 Å². The van der Waals surface area contributed by atoms with E-state index < -0.39 is 10.0 Å². The average molecular weight is 342 g/mol. The van der Waals surface area contributed by atoms with E-state index in [-0.39, 0.29) is 23.3 Å². The maximum atomic E-state index is 12.5. The third kappa shape index (κ3) is 3.44. The molecule has 22 heavy (non-hydrogen) atoms. The molecule has 2 heterocycles. The number of piperidine rings is 1. The molecule has 120 valence electrons. The summed E-state index contributed by atoms with van der Waals surface area (Å²) in [6.45, 7) is 1.75. The number of nitrogens with zero attached hydrogens (tertiary/aromatic N) is 1. The fourth-order valence-electron chi connectivity index (χ4n) is 3.37. The van der Waals surface area contributed by atoms with Gasteiger partial charge in [0.2, 0.25) is 10.0 Å². The van der Waals surface area contributed by atoms with Crippen molar-refractivity contribution in [3.05, 3.63) is 29.3 Å². The van der Waals surface area contributed by atoms with E-state index >= 15 is 0 Å². The standard InChI is InChI=1S/C15H19N3O2S.ClH/c1-10-6-15(5-2-11(10)9-16)21(19,20)18-14-7-12-3-4-13(8-14)17-12;/h2,5-6,12-14,17-18H,3-4,7-8H2,1H3;1H. The SMILES string of the molecule is Cc1cc(S(=O)(=O)NC2CC3CCC(C2)N3)ccc1C#N.Cl. The highest BCUT2D eigenvalue weighted by Gasteiger charge is 2.35. The lowest BCUT2D eigenvalue weighted by molar-refractivity contribution is 0.345. The zero-order valence-corrected chi connectivity index (χ0v) is 14.0. The number of halogens is 1. The second kappa shape index (κ2) is 6.55. The number of nitrogens with one attached hydrogen (secondary N) is 2. The number of benzene rings is 1. The van der Waals surface area contributed by atoms with Gasteiger partial charge in [0.05, 0.1) is 16.5 Å². The molecule has 2 saturated heterocycles. The van der Waals surface area contributed by atoms with Crippen LogP contribution in [0.15, 0.2) is 23.1 Å². The molecule has 7 heteroatoms. The number of fused-ring (bicyclic) bond motifs is 2. The summed E-state index contributed by atoms with van der Waals surface area (Å²) in [5, 5.41) is 12.4. The Morgan fingerprint density at radius 2 is 1.91 bits per heavy atom. The van der Waals surface area contributed by atoms with Crippen LogP contribution in [0.1, 0.15) is 36.8 Å². The summed E-state index contributed by atoms with van der Waals surface area (Å²) < 4.78 is 27.8. The van der Waals surface area contributed by atoms with Crippen molar-refractivity contribution in [3.8, 4) is 6.07 Å². The highest BCUT2D eigenvalue weighted by Crippen LogP contribution is 2.27. The van der Waals surface area contributed by atoms with Gasteiger partial charge in [0.15, 0.2) is 0 Å². The lowest BCUT2D eigenvalue weighted by atomic mass is 10.0. The van der Waals surface area contributed by atoms with Crippen molar-refractivity contribution in [2.24, 2.45) is 0 Å². The predicted octanol–water partition coefficient (Wildman–Crippen LogP) is 1.85. The Balaban J connectivity index is 0.00000176. The third-order valence-corrected chi connectivity index (χ3v) is 5.94. The molecule has 0 aliphatic carbocycles. The number of rotatable bonds is 3. The van der Waals surface area contributed by atoms with Gasteiger partial charge < -0.3 is 5.32 Å². The number of hydrogen-bond acceptors (Lipinski definition) is 4. The van der Waals surface area contributed by atoms with E-state index in [0.29, 0.717) is 23.2 Å². The first-order valence-electron chi connectivity index (χ1n) is 7.27. The zero-order chi connectivity index (χ0) is 15.0. The molecule has 2 bridgehead atoms. The molecule has 0 amide bonds. The minimum absolute atomic E-state index is 0. The molecule has 3 rings (SSSR count). The summed E-state index contributed by atoms with van der Waals surface area (Å²) in [4.78, 5) is 0.241. The summed E-state index contributed by atoms with van der Waals surface area (Å²) in [5.41, 5.74) is 1.19. The maximum absolute atomic E-state index is 12.5. The van der Waals surface area contributed by atoms with Crippen molar-refractivity contribution in [2.45, 2.75) is 55.6 Å². The average Bonchev–Trinajstić information content (AvgIpc) is 2.77. The van der Waals surface area contributed by atoms with Crippen molar-refractivity contribution < 1.29 is 8.42 Å².